The van der Waals surface area contributed by atoms with Gasteiger partial charge in [-0.25, -0.2) is 0 Å². The van der Waals surface area contributed by atoms with E-state index in [1.165, 1.54) is 12.0 Å². The van der Waals surface area contributed by atoms with Crippen molar-refractivity contribution in [2.45, 2.75) is 57.3 Å². The van der Waals surface area contributed by atoms with Crippen molar-refractivity contribution in [1.82, 2.24) is 4.90 Å². The highest BCUT2D eigenvalue weighted by molar-refractivity contribution is 5.81. The number of benzene rings is 1. The van der Waals surface area contributed by atoms with Gasteiger partial charge < -0.3 is 14.4 Å². The van der Waals surface area contributed by atoms with Gasteiger partial charge in [0.25, 0.3) is 5.91 Å². The summed E-state index contributed by atoms with van der Waals surface area (Å²) in [6.07, 6.45) is 5.22. The van der Waals surface area contributed by atoms with Gasteiger partial charge in [-0.15, -0.1) is 0 Å². The summed E-state index contributed by atoms with van der Waals surface area (Å²) in [6, 6.07) is 10.5. The summed E-state index contributed by atoms with van der Waals surface area (Å²) in [5.41, 5.74) is 1.22. The molecule has 3 rings (SSSR count). The van der Waals surface area contributed by atoms with Crippen LogP contribution in [0.5, 0.6) is 0 Å². The minimum Gasteiger partial charge on any atom is -0.376 e. The fraction of sp³-hybridized carbons (Fsp3) is 0.632. The number of hydrogen-bond donors (Lipinski definition) is 0. The van der Waals surface area contributed by atoms with E-state index in [-0.39, 0.29) is 18.1 Å². The normalized spacial score (nSPS) is 26.2. The molecule has 4 nitrogen and oxygen atoms in total. The molecule has 4 heteroatoms. The summed E-state index contributed by atoms with van der Waals surface area (Å²) in [5, 5.41) is 0. The number of rotatable bonds is 5. The van der Waals surface area contributed by atoms with Gasteiger partial charge in [-0.05, 0) is 44.6 Å². The third kappa shape index (κ3) is 4.12. The molecule has 0 N–H and O–H groups in total. The maximum atomic E-state index is 12.8. The van der Waals surface area contributed by atoms with Gasteiger partial charge in [-0.2, -0.15) is 0 Å². The summed E-state index contributed by atoms with van der Waals surface area (Å²) in [7, 11) is 0. The van der Waals surface area contributed by atoms with Gasteiger partial charge in [0.2, 0.25) is 0 Å². The van der Waals surface area contributed by atoms with Crippen molar-refractivity contribution >= 4 is 5.91 Å². The highest BCUT2D eigenvalue weighted by Crippen LogP contribution is 2.32. The maximum Gasteiger partial charge on any atom is 0.251 e. The van der Waals surface area contributed by atoms with E-state index in [1.54, 1.807) is 0 Å². The van der Waals surface area contributed by atoms with Crippen molar-refractivity contribution in [3.05, 3.63) is 35.9 Å². The number of likely N-dealkylation sites (tertiary alicyclic amines) is 1. The number of carbonyl (C=O) groups excluding carboxylic acids is 1. The lowest BCUT2D eigenvalue weighted by Crippen LogP contribution is -2.40. The Bertz CT molecular complexity index is 499. The van der Waals surface area contributed by atoms with E-state index in [0.29, 0.717) is 6.61 Å². The summed E-state index contributed by atoms with van der Waals surface area (Å²) in [5.74, 6) is 0.104. The number of nitrogens with zero attached hydrogens (tertiary/aromatic N) is 1. The lowest BCUT2D eigenvalue weighted by atomic mass is 10.0. The molecule has 2 aliphatic rings. The van der Waals surface area contributed by atoms with Crippen molar-refractivity contribution in [2.24, 2.45) is 0 Å². The molecular formula is C19H27NO3. The Hall–Kier alpha value is -1.39. The molecule has 0 radical (unpaired) electrons. The van der Waals surface area contributed by atoms with Crippen LogP contribution in [0.15, 0.2) is 30.3 Å². The van der Waals surface area contributed by atoms with E-state index < -0.39 is 6.10 Å². The minimum atomic E-state index is -0.398. The van der Waals surface area contributed by atoms with Crippen molar-refractivity contribution in [2.75, 3.05) is 19.8 Å². The summed E-state index contributed by atoms with van der Waals surface area (Å²) >= 11 is 0. The highest BCUT2D eigenvalue weighted by atomic mass is 16.5. The predicted octanol–water partition coefficient (Wildman–Crippen LogP) is 3.32. The molecule has 1 amide bonds. The Labute approximate surface area is 138 Å². The zero-order valence-corrected chi connectivity index (χ0v) is 13.9. The Balaban J connectivity index is 1.55. The van der Waals surface area contributed by atoms with E-state index in [9.17, 15) is 4.79 Å². The van der Waals surface area contributed by atoms with Gasteiger partial charge in [0.1, 0.15) is 6.10 Å². The first kappa shape index (κ1) is 16.5. The smallest absolute Gasteiger partial charge is 0.251 e. The Morgan fingerprint density at radius 3 is 2.83 bits per heavy atom. The minimum absolute atomic E-state index is 0.104. The molecule has 0 aliphatic carbocycles. The molecular weight excluding hydrogens is 290 g/mol. The number of ether oxygens (including phenoxy) is 2. The average Bonchev–Trinajstić information content (AvgIpc) is 3.10. The van der Waals surface area contributed by atoms with Crippen LogP contribution in [0.25, 0.3) is 0 Å². The lowest BCUT2D eigenvalue weighted by Gasteiger charge is -2.29. The Morgan fingerprint density at radius 2 is 2.09 bits per heavy atom. The molecule has 2 fully saturated rings. The second kappa shape index (κ2) is 7.93. The molecule has 2 aliphatic heterocycles. The molecule has 23 heavy (non-hydrogen) atoms. The molecule has 1 aromatic rings. The van der Waals surface area contributed by atoms with Crippen LogP contribution in [0.1, 0.15) is 50.6 Å². The highest BCUT2D eigenvalue weighted by Gasteiger charge is 2.33. The first-order chi connectivity index (χ1) is 11.3. The molecule has 0 bridgehead atoms. The summed E-state index contributed by atoms with van der Waals surface area (Å²) < 4.78 is 11.5. The molecule has 3 atom stereocenters. The standard InChI is InChI=1S/C19H27NO3/c1-15(23-14-17-10-5-6-13-22-17)19(21)20-12-7-11-18(20)16-8-3-2-4-9-16/h2-4,8-9,15,17-18H,5-7,10-14H2,1H3/t15-,17+,18-/m0/s1. The Kier molecular flexibility index (Phi) is 5.68. The van der Waals surface area contributed by atoms with Crippen LogP contribution in [-0.2, 0) is 14.3 Å². The average molecular weight is 317 g/mol. The number of amides is 1. The first-order valence-electron chi connectivity index (χ1n) is 8.84. The monoisotopic (exact) mass is 317 g/mol. The molecule has 2 heterocycles. The van der Waals surface area contributed by atoms with Gasteiger partial charge in [0.05, 0.1) is 18.8 Å². The van der Waals surface area contributed by atoms with E-state index in [2.05, 4.69) is 12.1 Å². The van der Waals surface area contributed by atoms with Crippen LogP contribution in [0.4, 0.5) is 0 Å². The van der Waals surface area contributed by atoms with E-state index >= 15 is 0 Å². The predicted molar refractivity (Wildman–Crippen MR) is 89.1 cm³/mol. The van der Waals surface area contributed by atoms with E-state index in [0.717, 1.165) is 38.8 Å². The van der Waals surface area contributed by atoms with Gasteiger partial charge >= 0.3 is 0 Å². The second-order valence-corrected chi connectivity index (χ2v) is 6.56. The largest absolute Gasteiger partial charge is 0.376 e. The van der Waals surface area contributed by atoms with Gasteiger partial charge in [0, 0.05) is 13.2 Å². The fourth-order valence-corrected chi connectivity index (χ4v) is 3.55. The first-order valence-corrected chi connectivity index (χ1v) is 8.84. The number of hydrogen-bond acceptors (Lipinski definition) is 3. The van der Waals surface area contributed by atoms with Crippen LogP contribution in [0.3, 0.4) is 0 Å². The summed E-state index contributed by atoms with van der Waals surface area (Å²) in [6.45, 7) is 4.03. The van der Waals surface area contributed by atoms with Crippen molar-refractivity contribution in [3.63, 3.8) is 0 Å². The molecule has 0 spiro atoms. The van der Waals surface area contributed by atoms with Crippen molar-refractivity contribution < 1.29 is 14.3 Å². The van der Waals surface area contributed by atoms with Crippen molar-refractivity contribution in [3.8, 4) is 0 Å². The molecule has 1 aromatic carbocycles. The zero-order chi connectivity index (χ0) is 16.1. The van der Waals surface area contributed by atoms with Gasteiger partial charge in [-0.1, -0.05) is 30.3 Å². The SMILES string of the molecule is C[C@H](OC[C@H]1CCCCO1)C(=O)N1CCC[C@H]1c1ccccc1. The molecule has 0 saturated carbocycles. The summed E-state index contributed by atoms with van der Waals surface area (Å²) in [4.78, 5) is 14.7. The van der Waals surface area contributed by atoms with Crippen LogP contribution >= 0.6 is 0 Å². The third-order valence-corrected chi connectivity index (χ3v) is 4.87. The fourth-order valence-electron chi connectivity index (χ4n) is 3.55. The third-order valence-electron chi connectivity index (χ3n) is 4.87. The molecule has 0 aromatic heterocycles. The lowest BCUT2D eigenvalue weighted by molar-refractivity contribution is -0.147. The van der Waals surface area contributed by atoms with Crippen LogP contribution < -0.4 is 0 Å². The number of carbonyl (C=O) groups is 1. The molecule has 2 saturated heterocycles. The van der Waals surface area contributed by atoms with Crippen LogP contribution in [0.2, 0.25) is 0 Å². The molecule has 126 valence electrons. The molecule has 0 unspecified atom stereocenters. The van der Waals surface area contributed by atoms with Gasteiger partial charge in [0.15, 0.2) is 0 Å². The topological polar surface area (TPSA) is 38.8 Å². The zero-order valence-electron chi connectivity index (χ0n) is 13.9. The second-order valence-electron chi connectivity index (χ2n) is 6.56. The maximum absolute atomic E-state index is 12.8. The quantitative estimate of drug-likeness (QED) is 0.836. The van der Waals surface area contributed by atoms with Crippen molar-refractivity contribution in [1.29, 1.82) is 0 Å². The van der Waals surface area contributed by atoms with E-state index in [1.807, 2.05) is 30.0 Å². The van der Waals surface area contributed by atoms with Gasteiger partial charge in [-0.3, -0.25) is 4.79 Å². The van der Waals surface area contributed by atoms with E-state index in [4.69, 9.17) is 9.47 Å². The Morgan fingerprint density at radius 1 is 1.26 bits per heavy atom. The van der Waals surface area contributed by atoms with Crippen LogP contribution in [0, 0.1) is 0 Å². The van der Waals surface area contributed by atoms with Crippen LogP contribution in [-0.4, -0.2) is 42.8 Å².